The summed E-state index contributed by atoms with van der Waals surface area (Å²) in [6.45, 7) is 1.91. The summed E-state index contributed by atoms with van der Waals surface area (Å²) in [6, 6.07) is 9.52. The fourth-order valence-electron chi connectivity index (χ4n) is 2.70. The number of amides is 1. The number of carbonyl (C=O) groups is 1. The van der Waals surface area contributed by atoms with Crippen molar-refractivity contribution in [2.24, 2.45) is 21.2 Å². The lowest BCUT2D eigenvalue weighted by Gasteiger charge is -2.10. The van der Waals surface area contributed by atoms with E-state index < -0.39 is 0 Å². The van der Waals surface area contributed by atoms with E-state index in [1.54, 1.807) is 23.0 Å². The molecule has 3 N–H and O–H groups in total. The van der Waals surface area contributed by atoms with Crippen LogP contribution in [-0.4, -0.2) is 27.4 Å². The summed E-state index contributed by atoms with van der Waals surface area (Å²) in [5.41, 5.74) is 3.44. The molecule has 142 valence electrons. The van der Waals surface area contributed by atoms with E-state index >= 15 is 0 Å². The summed E-state index contributed by atoms with van der Waals surface area (Å²) in [5.74, 6) is 5.57. The molecule has 9 heteroatoms. The van der Waals surface area contributed by atoms with Crippen LogP contribution in [0.25, 0.3) is 5.52 Å². The van der Waals surface area contributed by atoms with Crippen molar-refractivity contribution in [3.63, 3.8) is 0 Å². The highest BCUT2D eigenvalue weighted by atomic mass is 79.9. The number of nitrogens with zero attached hydrogens (tertiary/aromatic N) is 5. The highest BCUT2D eigenvalue weighted by molar-refractivity contribution is 9.10. The number of halogens is 1. The van der Waals surface area contributed by atoms with Crippen molar-refractivity contribution in [2.45, 2.75) is 25.8 Å². The fourth-order valence-corrected chi connectivity index (χ4v) is 3.03. The Morgan fingerprint density at radius 2 is 2.14 bits per heavy atom. The predicted octanol–water partition coefficient (Wildman–Crippen LogP) is 3.89. The molecule has 1 saturated carbocycles. The number of fused-ring (bicyclic) bond motifs is 1. The van der Waals surface area contributed by atoms with Crippen LogP contribution < -0.4 is 11.2 Å². The van der Waals surface area contributed by atoms with Gasteiger partial charge in [0.1, 0.15) is 0 Å². The van der Waals surface area contributed by atoms with Crippen LogP contribution in [0.5, 0.6) is 0 Å². The maximum atomic E-state index is 12.9. The van der Waals surface area contributed by atoms with Crippen molar-refractivity contribution in [1.29, 1.82) is 0 Å². The first-order chi connectivity index (χ1) is 13.5. The molecule has 0 aliphatic heterocycles. The number of azo groups is 1. The molecule has 0 bridgehead atoms. The molecule has 2 aromatic heterocycles. The van der Waals surface area contributed by atoms with Crippen LogP contribution in [0.15, 0.2) is 62.5 Å². The van der Waals surface area contributed by atoms with Crippen LogP contribution >= 0.6 is 15.9 Å². The molecule has 28 heavy (non-hydrogen) atoms. The highest BCUT2D eigenvalue weighted by Gasteiger charge is 2.21. The molecule has 0 unspecified atom stereocenters. The number of pyridine rings is 1. The molecule has 3 aromatic rings. The smallest absolute Gasteiger partial charge is 0.259 e. The van der Waals surface area contributed by atoms with Crippen molar-refractivity contribution in [2.75, 3.05) is 5.32 Å². The van der Waals surface area contributed by atoms with Gasteiger partial charge in [-0.25, -0.2) is 4.52 Å². The Balaban J connectivity index is 1.61. The maximum Gasteiger partial charge on any atom is 0.259 e. The Labute approximate surface area is 169 Å². The van der Waals surface area contributed by atoms with E-state index in [1.165, 1.54) is 0 Å². The van der Waals surface area contributed by atoms with E-state index in [-0.39, 0.29) is 11.9 Å². The second kappa shape index (κ2) is 7.51. The van der Waals surface area contributed by atoms with Gasteiger partial charge in [-0.3, -0.25) is 4.79 Å². The minimum Gasteiger partial charge on any atom is -0.322 e. The zero-order valence-electron chi connectivity index (χ0n) is 15.1. The third kappa shape index (κ3) is 3.79. The molecule has 0 radical (unpaired) electrons. The number of aryl methyl sites for hydroxylation is 1. The molecule has 1 aromatic carbocycles. The first-order valence-corrected chi connectivity index (χ1v) is 9.58. The van der Waals surface area contributed by atoms with Crippen molar-refractivity contribution < 1.29 is 4.79 Å². The average Bonchev–Trinajstić information content (AvgIpc) is 3.42. The molecule has 1 amide bonds. The van der Waals surface area contributed by atoms with Gasteiger partial charge in [0.2, 0.25) is 0 Å². The van der Waals surface area contributed by atoms with Crippen molar-refractivity contribution >= 4 is 38.9 Å². The van der Waals surface area contributed by atoms with Gasteiger partial charge < -0.3 is 11.2 Å². The summed E-state index contributed by atoms with van der Waals surface area (Å²) < 4.78 is 2.53. The van der Waals surface area contributed by atoms with Crippen LogP contribution in [0.1, 0.15) is 34.3 Å². The Hall–Kier alpha value is -3.07. The molecule has 1 fully saturated rings. The van der Waals surface area contributed by atoms with Crippen LogP contribution in [0, 0.1) is 6.92 Å². The van der Waals surface area contributed by atoms with Crippen LogP contribution in [0.3, 0.4) is 0 Å². The van der Waals surface area contributed by atoms with Gasteiger partial charge in [-0.05, 0) is 43.5 Å². The van der Waals surface area contributed by atoms with Gasteiger partial charge in [0, 0.05) is 21.9 Å². The fraction of sp³-hybridized carbons (Fsp3) is 0.211. The van der Waals surface area contributed by atoms with Gasteiger partial charge in [0.15, 0.2) is 5.84 Å². The van der Waals surface area contributed by atoms with E-state index in [1.807, 2.05) is 31.2 Å². The van der Waals surface area contributed by atoms with Crippen molar-refractivity contribution in [3.05, 3.63) is 63.9 Å². The SMILES string of the molecule is Cc1ccc(/C(N=NC2CC2)=N/N)cc1NC(=O)c1cnn2ccc(Br)cc12. The monoisotopic (exact) mass is 439 g/mol. The Bertz CT molecular complexity index is 1110. The number of amidine groups is 1. The highest BCUT2D eigenvalue weighted by Crippen LogP contribution is 2.25. The summed E-state index contributed by atoms with van der Waals surface area (Å²) in [5, 5.41) is 19.2. The second-order valence-corrected chi connectivity index (χ2v) is 7.53. The molecule has 4 rings (SSSR count). The number of benzene rings is 1. The van der Waals surface area contributed by atoms with Gasteiger partial charge in [0.05, 0.1) is 23.3 Å². The number of hydrazone groups is 1. The Morgan fingerprint density at radius 1 is 1.32 bits per heavy atom. The van der Waals surface area contributed by atoms with Gasteiger partial charge in [-0.1, -0.05) is 28.1 Å². The maximum absolute atomic E-state index is 12.9. The number of nitrogens with one attached hydrogen (secondary N) is 1. The van der Waals surface area contributed by atoms with Gasteiger partial charge in [-0.2, -0.15) is 15.3 Å². The average molecular weight is 440 g/mol. The first kappa shape index (κ1) is 18.3. The third-order valence-corrected chi connectivity index (χ3v) is 4.95. The number of aromatic nitrogens is 2. The topological polar surface area (TPSA) is 109 Å². The molecule has 1 aliphatic rings. The Morgan fingerprint density at radius 3 is 2.89 bits per heavy atom. The Kier molecular flexibility index (Phi) is 4.91. The minimum atomic E-state index is -0.251. The number of rotatable bonds is 4. The van der Waals surface area contributed by atoms with E-state index in [4.69, 9.17) is 5.84 Å². The summed E-state index contributed by atoms with van der Waals surface area (Å²) >= 11 is 3.42. The van der Waals surface area contributed by atoms with E-state index in [0.29, 0.717) is 28.2 Å². The summed E-state index contributed by atoms with van der Waals surface area (Å²) in [6.07, 6.45) is 5.43. The van der Waals surface area contributed by atoms with Crippen molar-refractivity contribution in [1.82, 2.24) is 9.61 Å². The van der Waals surface area contributed by atoms with Crippen LogP contribution in [-0.2, 0) is 0 Å². The van der Waals surface area contributed by atoms with Crippen LogP contribution in [0.2, 0.25) is 0 Å². The molecular weight excluding hydrogens is 422 g/mol. The van der Waals surface area contributed by atoms with E-state index in [9.17, 15) is 4.79 Å². The lowest BCUT2D eigenvalue weighted by molar-refractivity contribution is 0.102. The number of carbonyl (C=O) groups excluding carboxylic acids is 1. The number of hydrogen-bond acceptors (Lipinski definition) is 5. The van der Waals surface area contributed by atoms with E-state index in [0.717, 1.165) is 22.9 Å². The van der Waals surface area contributed by atoms with Crippen molar-refractivity contribution in [3.8, 4) is 0 Å². The molecule has 0 spiro atoms. The predicted molar refractivity (Wildman–Crippen MR) is 111 cm³/mol. The lowest BCUT2D eigenvalue weighted by Crippen LogP contribution is -2.13. The minimum absolute atomic E-state index is 0.251. The second-order valence-electron chi connectivity index (χ2n) is 6.62. The first-order valence-electron chi connectivity index (χ1n) is 8.79. The molecule has 0 saturated heterocycles. The zero-order chi connectivity index (χ0) is 19.7. The van der Waals surface area contributed by atoms with Gasteiger partial charge in [0.25, 0.3) is 5.91 Å². The number of hydrogen-bond donors (Lipinski definition) is 2. The number of nitrogens with two attached hydrogens (primary N) is 1. The number of anilines is 1. The summed E-state index contributed by atoms with van der Waals surface area (Å²) in [7, 11) is 0. The molecule has 8 nitrogen and oxygen atoms in total. The van der Waals surface area contributed by atoms with Crippen LogP contribution in [0.4, 0.5) is 5.69 Å². The zero-order valence-corrected chi connectivity index (χ0v) is 16.7. The molecule has 0 atom stereocenters. The molecule has 2 heterocycles. The largest absolute Gasteiger partial charge is 0.322 e. The lowest BCUT2D eigenvalue weighted by atomic mass is 10.1. The van der Waals surface area contributed by atoms with Gasteiger partial charge in [-0.15, -0.1) is 5.11 Å². The molecule has 1 aliphatic carbocycles. The summed E-state index contributed by atoms with van der Waals surface area (Å²) in [4.78, 5) is 12.9. The quantitative estimate of drug-likeness (QED) is 0.211. The molecular formula is C19H18BrN7O. The third-order valence-electron chi connectivity index (χ3n) is 4.46. The standard InChI is InChI=1S/C19H18BrN7O/c1-11-2-3-12(18(24-21)26-25-14-4-5-14)8-16(11)23-19(28)15-10-22-27-7-6-13(20)9-17(15)27/h2-3,6-10,14H,4-5,21H2,1H3,(H,23,28)/b24-18-,26-25?. The van der Waals surface area contributed by atoms with Gasteiger partial charge >= 0.3 is 0 Å². The van der Waals surface area contributed by atoms with E-state index in [2.05, 4.69) is 41.7 Å². The normalized spacial score (nSPS) is 14.7.